The number of nitrogens with zero attached hydrogens (tertiary/aromatic N) is 1. The lowest BCUT2D eigenvalue weighted by molar-refractivity contribution is 0.0124. The molecule has 1 aromatic carbocycles. The summed E-state index contributed by atoms with van der Waals surface area (Å²) < 4.78 is 31.5. The van der Waals surface area contributed by atoms with E-state index in [1.54, 1.807) is 12.1 Å². The van der Waals surface area contributed by atoms with Crippen LogP contribution in [0, 0.1) is 5.92 Å². The highest BCUT2D eigenvalue weighted by molar-refractivity contribution is 7.89. The van der Waals surface area contributed by atoms with Crippen LogP contribution in [0.2, 0.25) is 0 Å². The Balaban J connectivity index is 2.04. The third-order valence-corrected chi connectivity index (χ3v) is 5.89. The molecule has 1 heterocycles. The smallest absolute Gasteiger partial charge is 0.251 e. The van der Waals surface area contributed by atoms with Gasteiger partial charge >= 0.3 is 0 Å². The average Bonchev–Trinajstić information content (AvgIpc) is 2.65. The van der Waals surface area contributed by atoms with Gasteiger partial charge in [0.2, 0.25) is 10.0 Å². The second-order valence-corrected chi connectivity index (χ2v) is 8.76. The van der Waals surface area contributed by atoms with E-state index in [-0.39, 0.29) is 16.8 Å². The van der Waals surface area contributed by atoms with Crippen LogP contribution in [0.4, 0.5) is 0 Å². The lowest BCUT2D eigenvalue weighted by atomic mass is 10.0. The predicted molar refractivity (Wildman–Crippen MR) is 101 cm³/mol. The second kappa shape index (κ2) is 9.45. The Kier molecular flexibility index (Phi) is 7.57. The maximum atomic E-state index is 12.5. The van der Waals surface area contributed by atoms with Gasteiger partial charge in [0.1, 0.15) is 0 Å². The van der Waals surface area contributed by atoms with Crippen LogP contribution in [0.3, 0.4) is 0 Å². The number of amides is 1. The van der Waals surface area contributed by atoms with Crippen molar-refractivity contribution in [2.24, 2.45) is 5.92 Å². The number of ether oxygens (including phenoxy) is 1. The summed E-state index contributed by atoms with van der Waals surface area (Å²) in [6.07, 6.45) is 0.981. The van der Waals surface area contributed by atoms with Gasteiger partial charge in [0, 0.05) is 31.2 Å². The number of rotatable bonds is 8. The van der Waals surface area contributed by atoms with Crippen molar-refractivity contribution in [2.45, 2.75) is 31.2 Å². The molecule has 2 N–H and O–H groups in total. The van der Waals surface area contributed by atoms with Gasteiger partial charge < -0.3 is 10.1 Å². The summed E-state index contributed by atoms with van der Waals surface area (Å²) in [6, 6.07) is 6.31. The Hall–Kier alpha value is -1.48. The van der Waals surface area contributed by atoms with Crippen molar-refractivity contribution in [3.8, 4) is 0 Å². The molecule has 0 radical (unpaired) electrons. The van der Waals surface area contributed by atoms with Gasteiger partial charge in [0.15, 0.2) is 0 Å². The molecule has 0 aliphatic carbocycles. The van der Waals surface area contributed by atoms with Crippen molar-refractivity contribution >= 4 is 15.9 Å². The molecule has 1 aromatic rings. The summed E-state index contributed by atoms with van der Waals surface area (Å²) in [4.78, 5) is 15.0. The highest BCUT2D eigenvalue weighted by Gasteiger charge is 2.23. The minimum Gasteiger partial charge on any atom is -0.379 e. The van der Waals surface area contributed by atoms with Crippen LogP contribution in [0.1, 0.15) is 30.6 Å². The average molecular weight is 384 g/mol. The first-order valence-corrected chi connectivity index (χ1v) is 10.5. The monoisotopic (exact) mass is 383 g/mol. The Bertz CT molecular complexity index is 700. The van der Waals surface area contributed by atoms with Crippen LogP contribution in [-0.4, -0.2) is 65.2 Å². The Morgan fingerprint density at radius 3 is 2.58 bits per heavy atom. The van der Waals surface area contributed by atoms with Gasteiger partial charge in [0.05, 0.1) is 18.1 Å². The van der Waals surface area contributed by atoms with E-state index in [0.29, 0.717) is 31.2 Å². The lowest BCUT2D eigenvalue weighted by Gasteiger charge is -2.35. The van der Waals surface area contributed by atoms with E-state index >= 15 is 0 Å². The Labute approximate surface area is 156 Å². The van der Waals surface area contributed by atoms with Gasteiger partial charge in [-0.3, -0.25) is 9.69 Å². The van der Waals surface area contributed by atoms with Gasteiger partial charge in [-0.05, 0) is 37.6 Å². The zero-order chi connectivity index (χ0) is 19.2. The third kappa shape index (κ3) is 5.77. The molecule has 8 heteroatoms. The number of hydrogen-bond donors (Lipinski definition) is 2. The maximum Gasteiger partial charge on any atom is 0.251 e. The molecule has 1 fully saturated rings. The quantitative estimate of drug-likeness (QED) is 0.701. The summed E-state index contributed by atoms with van der Waals surface area (Å²) in [5.41, 5.74) is 0.339. The number of carbonyl (C=O) groups excluding carboxylic acids is 1. The van der Waals surface area contributed by atoms with Gasteiger partial charge in [0.25, 0.3) is 5.91 Å². The first-order chi connectivity index (χ1) is 12.3. The van der Waals surface area contributed by atoms with Crippen LogP contribution in [0.5, 0.6) is 0 Å². The van der Waals surface area contributed by atoms with E-state index in [9.17, 15) is 13.2 Å². The molecule has 1 unspecified atom stereocenters. The molecule has 1 aliphatic heterocycles. The van der Waals surface area contributed by atoms with Crippen LogP contribution < -0.4 is 10.0 Å². The first-order valence-electron chi connectivity index (χ1n) is 8.97. The molecule has 7 nitrogen and oxygen atoms in total. The van der Waals surface area contributed by atoms with Crippen LogP contribution in [-0.2, 0) is 14.8 Å². The Morgan fingerprint density at radius 1 is 1.27 bits per heavy atom. The fourth-order valence-electron chi connectivity index (χ4n) is 3.08. The summed E-state index contributed by atoms with van der Waals surface area (Å²) in [5, 5.41) is 2.96. The predicted octanol–water partition coefficient (Wildman–Crippen LogP) is 1.07. The van der Waals surface area contributed by atoms with Crippen molar-refractivity contribution < 1.29 is 17.9 Å². The zero-order valence-corrected chi connectivity index (χ0v) is 16.5. The minimum absolute atomic E-state index is 0.0829. The van der Waals surface area contributed by atoms with E-state index in [1.807, 2.05) is 0 Å². The van der Waals surface area contributed by atoms with Gasteiger partial charge in [-0.1, -0.05) is 19.9 Å². The molecule has 1 aliphatic rings. The molecule has 0 saturated carbocycles. The topological polar surface area (TPSA) is 87.7 Å². The zero-order valence-electron chi connectivity index (χ0n) is 15.7. The Morgan fingerprint density at radius 2 is 1.96 bits per heavy atom. The lowest BCUT2D eigenvalue weighted by Crippen LogP contribution is -2.49. The standard InChI is InChI=1S/C18H29N3O4S/c1-14(2)11-16(21-7-9-25-10-8-21)13-20-18(22)15-5-4-6-17(12-15)26(23,24)19-3/h4-6,12,14,16,19H,7-11,13H2,1-3H3,(H,20,22). The van der Waals surface area contributed by atoms with Crippen molar-refractivity contribution in [3.05, 3.63) is 29.8 Å². The van der Waals surface area contributed by atoms with E-state index in [1.165, 1.54) is 19.2 Å². The molecule has 0 bridgehead atoms. The highest BCUT2D eigenvalue weighted by Crippen LogP contribution is 2.14. The summed E-state index contributed by atoms with van der Waals surface area (Å²) >= 11 is 0. The molecule has 146 valence electrons. The molecule has 2 rings (SSSR count). The van der Waals surface area contributed by atoms with E-state index < -0.39 is 10.0 Å². The maximum absolute atomic E-state index is 12.5. The fourth-order valence-corrected chi connectivity index (χ4v) is 3.86. The summed E-state index contributed by atoms with van der Waals surface area (Å²) in [5.74, 6) is 0.254. The molecular formula is C18H29N3O4S. The van der Waals surface area contributed by atoms with E-state index in [0.717, 1.165) is 19.5 Å². The minimum atomic E-state index is -3.57. The molecule has 0 aromatic heterocycles. The van der Waals surface area contributed by atoms with Gasteiger partial charge in [-0.15, -0.1) is 0 Å². The van der Waals surface area contributed by atoms with E-state index in [2.05, 4.69) is 28.8 Å². The van der Waals surface area contributed by atoms with Crippen LogP contribution in [0.25, 0.3) is 0 Å². The summed E-state index contributed by atoms with van der Waals surface area (Å²) in [6.45, 7) is 8.02. The van der Waals surface area contributed by atoms with E-state index in [4.69, 9.17) is 4.74 Å². The molecule has 0 spiro atoms. The molecule has 1 atom stereocenters. The number of morpholine rings is 1. The van der Waals surface area contributed by atoms with Crippen molar-refractivity contribution in [1.82, 2.24) is 14.9 Å². The van der Waals surface area contributed by atoms with Crippen molar-refractivity contribution in [2.75, 3.05) is 39.9 Å². The number of hydrogen-bond acceptors (Lipinski definition) is 5. The van der Waals surface area contributed by atoms with Crippen molar-refractivity contribution in [3.63, 3.8) is 0 Å². The molecule has 1 amide bonds. The first kappa shape index (κ1) is 20.8. The molecular weight excluding hydrogens is 354 g/mol. The largest absolute Gasteiger partial charge is 0.379 e. The SMILES string of the molecule is CNS(=O)(=O)c1cccc(C(=O)NCC(CC(C)C)N2CCOCC2)c1. The number of carbonyl (C=O) groups is 1. The van der Waals surface area contributed by atoms with Gasteiger partial charge in [-0.2, -0.15) is 0 Å². The van der Waals surface area contributed by atoms with Crippen molar-refractivity contribution in [1.29, 1.82) is 0 Å². The molecule has 26 heavy (non-hydrogen) atoms. The van der Waals surface area contributed by atoms with Crippen LogP contribution >= 0.6 is 0 Å². The third-order valence-electron chi connectivity index (χ3n) is 4.48. The number of sulfonamides is 1. The highest BCUT2D eigenvalue weighted by atomic mass is 32.2. The fraction of sp³-hybridized carbons (Fsp3) is 0.611. The van der Waals surface area contributed by atoms with Gasteiger partial charge in [-0.25, -0.2) is 13.1 Å². The summed E-state index contributed by atoms with van der Waals surface area (Å²) in [7, 11) is -2.22. The van der Waals surface area contributed by atoms with Crippen LogP contribution in [0.15, 0.2) is 29.2 Å². The molecule has 1 saturated heterocycles. The number of benzene rings is 1. The second-order valence-electron chi connectivity index (χ2n) is 6.88. The normalized spacial score (nSPS) is 17.2. The number of nitrogens with one attached hydrogen (secondary N) is 2.